The first kappa shape index (κ1) is 14.8. The van der Waals surface area contributed by atoms with Crippen LogP contribution in [0, 0.1) is 0 Å². The zero-order chi connectivity index (χ0) is 15.4. The molecule has 0 N–H and O–H groups in total. The summed E-state index contributed by atoms with van der Waals surface area (Å²) < 4.78 is 3.02. The second-order valence-electron chi connectivity index (χ2n) is 6.61. The molecule has 2 heterocycles. The van der Waals surface area contributed by atoms with Gasteiger partial charge in [-0.05, 0) is 0 Å². The van der Waals surface area contributed by atoms with Crippen LogP contribution in [0.5, 0.6) is 0 Å². The third-order valence-electron chi connectivity index (χ3n) is 4.21. The third kappa shape index (κ3) is 2.25. The normalized spacial score (nSPS) is 20.9. The average Bonchev–Trinajstić information content (AvgIpc) is 2.80. The zero-order valence-corrected chi connectivity index (χ0v) is 14.4. The Morgan fingerprint density at radius 2 is 1.81 bits per heavy atom. The fourth-order valence-corrected chi connectivity index (χ4v) is 5.16. The topological polar surface area (TPSA) is 45.1 Å². The Bertz CT molecular complexity index is 783. The Morgan fingerprint density at radius 1 is 1.14 bits per heavy atom. The van der Waals surface area contributed by atoms with Gasteiger partial charge in [0.25, 0.3) is 0 Å². The van der Waals surface area contributed by atoms with Crippen LogP contribution in [0.15, 0.2) is 40.7 Å². The van der Waals surface area contributed by atoms with Crippen LogP contribution in [0.25, 0.3) is 9.65 Å². The predicted molar refractivity (Wildman–Crippen MR) is 83.9 cm³/mol. The molecule has 0 fully saturated rings. The van der Waals surface area contributed by atoms with Crippen LogP contribution >= 0.6 is 0 Å². The van der Waals surface area contributed by atoms with Crippen molar-refractivity contribution < 1.29 is 5.21 Å². The van der Waals surface area contributed by atoms with Gasteiger partial charge in [0.2, 0.25) is 0 Å². The molecule has 0 amide bonds. The van der Waals surface area contributed by atoms with Crippen molar-refractivity contribution in [1.82, 2.24) is 8.63 Å². The molecular weight excluding hydrogens is 331 g/mol. The molecule has 1 aromatic carbocycles. The van der Waals surface area contributed by atoms with Gasteiger partial charge in [0.05, 0.1) is 0 Å². The molecule has 0 bridgehead atoms. The molecule has 0 aliphatic carbocycles. The SMILES string of the molecule is CC1(C)C=C(Cn2[se]c3ccccc3c2=O)C(C)(C)N1[O]. The van der Waals surface area contributed by atoms with E-state index in [0.717, 1.165) is 20.3 Å². The Labute approximate surface area is 130 Å². The molecule has 5 heteroatoms. The molecular formula is C16H19N2O2Se. The van der Waals surface area contributed by atoms with E-state index in [0.29, 0.717) is 6.54 Å². The van der Waals surface area contributed by atoms with Gasteiger partial charge in [-0.2, -0.15) is 0 Å². The molecule has 21 heavy (non-hydrogen) atoms. The molecule has 0 unspecified atom stereocenters. The monoisotopic (exact) mass is 351 g/mol. The number of aromatic nitrogens is 1. The van der Waals surface area contributed by atoms with Crippen LogP contribution in [-0.4, -0.2) is 34.4 Å². The van der Waals surface area contributed by atoms with Crippen molar-refractivity contribution in [3.05, 3.63) is 46.3 Å². The summed E-state index contributed by atoms with van der Waals surface area (Å²) in [6.07, 6.45) is 2.02. The Hall–Kier alpha value is -1.13. The summed E-state index contributed by atoms with van der Waals surface area (Å²) in [5, 5.41) is 14.3. The van der Waals surface area contributed by atoms with E-state index < -0.39 is 11.1 Å². The van der Waals surface area contributed by atoms with Crippen molar-refractivity contribution in [3.8, 4) is 0 Å². The number of nitrogens with zero attached hydrogens (tertiary/aromatic N) is 2. The second kappa shape index (κ2) is 4.68. The van der Waals surface area contributed by atoms with E-state index in [1.54, 1.807) is 0 Å². The van der Waals surface area contributed by atoms with Gasteiger partial charge in [-0.15, -0.1) is 0 Å². The summed E-state index contributed by atoms with van der Waals surface area (Å²) in [6, 6.07) is 7.78. The summed E-state index contributed by atoms with van der Waals surface area (Å²) in [5.74, 6) is 0. The fraction of sp³-hybridized carbons (Fsp3) is 0.438. The molecule has 1 aliphatic heterocycles. The van der Waals surface area contributed by atoms with Crippen molar-refractivity contribution in [1.29, 1.82) is 0 Å². The first-order valence-electron chi connectivity index (χ1n) is 7.02. The van der Waals surface area contributed by atoms with E-state index in [-0.39, 0.29) is 20.3 Å². The van der Waals surface area contributed by atoms with Crippen LogP contribution in [0.3, 0.4) is 0 Å². The third-order valence-corrected chi connectivity index (χ3v) is 6.45. The molecule has 1 radical (unpaired) electrons. The van der Waals surface area contributed by atoms with Gasteiger partial charge in [-0.3, -0.25) is 0 Å². The maximum atomic E-state index is 12.5. The molecule has 0 saturated heterocycles. The number of hydrogen-bond acceptors (Lipinski definition) is 2. The van der Waals surface area contributed by atoms with Crippen molar-refractivity contribution in [3.63, 3.8) is 0 Å². The molecule has 2 aromatic rings. The van der Waals surface area contributed by atoms with E-state index in [1.165, 1.54) is 0 Å². The standard InChI is InChI=1S/C16H19N2O2Se/c1-15(2)9-11(16(3,4)18(15)20)10-17-14(19)12-7-5-6-8-13(12)21-17/h5-9H,10H2,1-4H3. The Morgan fingerprint density at radius 3 is 2.38 bits per heavy atom. The predicted octanol–water partition coefficient (Wildman–Crippen LogP) is 2.20. The quantitative estimate of drug-likeness (QED) is 0.616. The Kier molecular flexibility index (Phi) is 3.30. The van der Waals surface area contributed by atoms with Gasteiger partial charge >= 0.3 is 130 Å². The molecule has 4 nitrogen and oxygen atoms in total. The second-order valence-corrected chi connectivity index (χ2v) is 8.84. The van der Waals surface area contributed by atoms with Crippen molar-refractivity contribution in [2.24, 2.45) is 0 Å². The van der Waals surface area contributed by atoms with Gasteiger partial charge in [-0.1, -0.05) is 0 Å². The van der Waals surface area contributed by atoms with Gasteiger partial charge in [0, 0.05) is 0 Å². The molecule has 1 aromatic heterocycles. The number of benzene rings is 1. The van der Waals surface area contributed by atoms with Crippen LogP contribution in [0.4, 0.5) is 0 Å². The van der Waals surface area contributed by atoms with Crippen LogP contribution < -0.4 is 5.56 Å². The number of fused-ring (bicyclic) bond motifs is 1. The van der Waals surface area contributed by atoms with Crippen molar-refractivity contribution in [2.75, 3.05) is 0 Å². The summed E-state index contributed by atoms with van der Waals surface area (Å²) in [6.45, 7) is 8.24. The summed E-state index contributed by atoms with van der Waals surface area (Å²) in [7, 11) is 0. The molecule has 1 aliphatic rings. The van der Waals surface area contributed by atoms with Crippen molar-refractivity contribution in [2.45, 2.75) is 45.3 Å². The van der Waals surface area contributed by atoms with Crippen LogP contribution in [-0.2, 0) is 11.8 Å². The number of rotatable bonds is 2. The number of hydrogen-bond donors (Lipinski definition) is 0. The van der Waals surface area contributed by atoms with Crippen LogP contribution in [0.2, 0.25) is 0 Å². The maximum absolute atomic E-state index is 12.5. The van der Waals surface area contributed by atoms with Gasteiger partial charge in [0.15, 0.2) is 0 Å². The van der Waals surface area contributed by atoms with E-state index in [9.17, 15) is 10.0 Å². The summed E-state index contributed by atoms with van der Waals surface area (Å²) in [5.41, 5.74) is 0.0470. The van der Waals surface area contributed by atoms with E-state index in [4.69, 9.17) is 0 Å². The average molecular weight is 350 g/mol. The van der Waals surface area contributed by atoms with Crippen molar-refractivity contribution >= 4 is 24.4 Å². The summed E-state index contributed by atoms with van der Waals surface area (Å²) in [4.78, 5) is 12.5. The molecule has 0 spiro atoms. The molecule has 0 saturated carbocycles. The van der Waals surface area contributed by atoms with E-state index >= 15 is 0 Å². The Balaban J connectivity index is 2.03. The minimum absolute atomic E-state index is 0.00500. The summed E-state index contributed by atoms with van der Waals surface area (Å²) >= 11 is 0.00500. The first-order valence-corrected chi connectivity index (χ1v) is 8.64. The fourth-order valence-electron chi connectivity index (χ4n) is 3.03. The van der Waals surface area contributed by atoms with Gasteiger partial charge in [0.1, 0.15) is 0 Å². The number of hydroxylamine groups is 2. The molecule has 0 atom stereocenters. The van der Waals surface area contributed by atoms with Gasteiger partial charge < -0.3 is 0 Å². The minimum atomic E-state index is -0.561. The zero-order valence-electron chi connectivity index (χ0n) is 12.7. The molecule has 3 rings (SSSR count). The van der Waals surface area contributed by atoms with Crippen LogP contribution in [0.1, 0.15) is 27.7 Å². The first-order chi connectivity index (χ1) is 9.73. The van der Waals surface area contributed by atoms with E-state index in [2.05, 4.69) is 0 Å². The molecule has 111 valence electrons. The van der Waals surface area contributed by atoms with Gasteiger partial charge in [-0.25, -0.2) is 0 Å². The van der Waals surface area contributed by atoms with E-state index in [1.807, 2.05) is 61.6 Å².